The summed E-state index contributed by atoms with van der Waals surface area (Å²) < 4.78 is 51.7. The number of esters is 1. The van der Waals surface area contributed by atoms with E-state index in [9.17, 15) is 24.9 Å². The van der Waals surface area contributed by atoms with Gasteiger partial charge in [-0.3, -0.25) is 14.6 Å². The molecular formula is C60H89N3O13. The number of benzene rings is 2. The summed E-state index contributed by atoms with van der Waals surface area (Å²) in [5.74, 6) is -3.46. The number of Topliss-reactive ketones (excluding diaryl/α,β-unsaturated/α-hetero) is 1. The second kappa shape index (κ2) is 24.5. The fourth-order valence-electron chi connectivity index (χ4n) is 12.5. The summed E-state index contributed by atoms with van der Waals surface area (Å²) in [6.45, 7) is 26.2. The van der Waals surface area contributed by atoms with Crippen LogP contribution in [-0.4, -0.2) is 156 Å². The Morgan fingerprint density at radius 3 is 2.33 bits per heavy atom. The highest BCUT2D eigenvalue weighted by molar-refractivity contribution is 5.87. The van der Waals surface area contributed by atoms with Gasteiger partial charge in [-0.15, -0.1) is 0 Å². The van der Waals surface area contributed by atoms with Crippen LogP contribution in [0.1, 0.15) is 119 Å². The van der Waals surface area contributed by atoms with Crippen LogP contribution in [0.5, 0.6) is 5.75 Å². The van der Waals surface area contributed by atoms with Crippen molar-refractivity contribution in [3.63, 3.8) is 0 Å². The van der Waals surface area contributed by atoms with Crippen LogP contribution >= 0.6 is 0 Å². The fourth-order valence-corrected chi connectivity index (χ4v) is 12.5. The second-order valence-electron chi connectivity index (χ2n) is 23.2. The maximum Gasteiger partial charge on any atom is 0.311 e. The van der Waals surface area contributed by atoms with Crippen molar-refractivity contribution in [3.8, 4) is 5.75 Å². The molecule has 0 spiro atoms. The van der Waals surface area contributed by atoms with E-state index in [0.717, 1.165) is 40.9 Å². The first-order valence-electron chi connectivity index (χ1n) is 27.7. The molecular weight excluding hydrogens is 971 g/mol. The molecule has 3 saturated heterocycles. The number of anilines is 1. The normalized spacial score (nSPS) is 37.9. The highest BCUT2D eigenvalue weighted by atomic mass is 16.7. The zero-order valence-corrected chi connectivity index (χ0v) is 47.7. The molecule has 2 unspecified atom stereocenters. The van der Waals surface area contributed by atoms with Crippen molar-refractivity contribution in [2.24, 2.45) is 29.6 Å². The molecule has 4 aliphatic rings. The van der Waals surface area contributed by atoms with E-state index in [0.29, 0.717) is 32.4 Å². The first-order chi connectivity index (χ1) is 35.9. The number of carbonyl (C=O) groups excluding carboxylic acids is 2. The van der Waals surface area contributed by atoms with Crippen LogP contribution in [0.2, 0.25) is 0 Å². The number of para-hydroxylation sites is 1. The molecule has 16 nitrogen and oxygen atoms in total. The Kier molecular flexibility index (Phi) is 19.2. The van der Waals surface area contributed by atoms with Gasteiger partial charge in [0, 0.05) is 86.1 Å². The molecule has 0 bridgehead atoms. The van der Waals surface area contributed by atoms with Gasteiger partial charge in [0.25, 0.3) is 0 Å². The lowest BCUT2D eigenvalue weighted by atomic mass is 9.71. The predicted octanol–water partition coefficient (Wildman–Crippen LogP) is 8.14. The van der Waals surface area contributed by atoms with E-state index in [1.165, 1.54) is 18.4 Å². The maximum absolute atomic E-state index is 14.6. The number of carbonyl (C=O) groups is 2. The number of fused-ring (bicyclic) bond motifs is 2. The van der Waals surface area contributed by atoms with E-state index in [2.05, 4.69) is 46.7 Å². The molecule has 18 atom stereocenters. The SMILES string of the molecule is C=C(c1cnc2ccc(OCCCN(C)[C@H]3C[C@@H](C)O[C@@H](O[C@@H]4[C@@H](C)[C@H](OC5C[C@@](C)(OC)[C@@H](O)[C@H](C)O5)[C@@H](C)C(=O)O[C@H](CC)[C@@](C)(O)[C@H](C)[C@@H](C)C(=O)[C@H](C)C[C@@]4(C)OC)C3O)cc2c1)N1CCc2ccccc21. The van der Waals surface area contributed by atoms with Gasteiger partial charge >= 0.3 is 5.97 Å². The van der Waals surface area contributed by atoms with E-state index in [-0.39, 0.29) is 30.8 Å². The van der Waals surface area contributed by atoms with Crippen molar-refractivity contribution in [2.75, 3.05) is 45.9 Å². The van der Waals surface area contributed by atoms with E-state index in [4.69, 9.17) is 42.9 Å². The average Bonchev–Trinajstić information content (AvgIpc) is 3.85. The number of hydrogen-bond acceptors (Lipinski definition) is 16. The number of methoxy groups -OCH3 is 2. The maximum atomic E-state index is 14.6. The van der Waals surface area contributed by atoms with Gasteiger partial charge < -0.3 is 63.0 Å². The van der Waals surface area contributed by atoms with E-state index < -0.39 is 102 Å². The number of ether oxygens (including phenoxy) is 8. The molecule has 3 fully saturated rings. The summed E-state index contributed by atoms with van der Waals surface area (Å²) in [5.41, 5.74) is 1.40. The van der Waals surface area contributed by atoms with Gasteiger partial charge in [-0.2, -0.15) is 0 Å². The molecule has 7 rings (SSSR count). The Morgan fingerprint density at radius 2 is 1.63 bits per heavy atom. The minimum Gasteiger partial charge on any atom is -0.494 e. The summed E-state index contributed by atoms with van der Waals surface area (Å²) in [4.78, 5) is 38.2. The Balaban J connectivity index is 1.10. The number of aliphatic hydroxyl groups is 3. The highest BCUT2D eigenvalue weighted by Crippen LogP contribution is 2.43. The first-order valence-corrected chi connectivity index (χ1v) is 27.7. The van der Waals surface area contributed by atoms with E-state index in [1.54, 1.807) is 41.7 Å². The van der Waals surface area contributed by atoms with Crippen molar-refractivity contribution < 1.29 is 62.8 Å². The van der Waals surface area contributed by atoms with Gasteiger partial charge in [-0.25, -0.2) is 0 Å². The molecule has 3 N–H and O–H groups in total. The Labute approximate surface area is 451 Å². The molecule has 0 radical (unpaired) electrons. The van der Waals surface area contributed by atoms with Crippen LogP contribution in [0.4, 0.5) is 5.69 Å². The minimum atomic E-state index is -1.56. The molecule has 4 aliphatic heterocycles. The first kappa shape index (κ1) is 59.6. The van der Waals surface area contributed by atoms with Crippen LogP contribution in [0.3, 0.4) is 0 Å². The van der Waals surface area contributed by atoms with Gasteiger partial charge in [0.05, 0.1) is 53.7 Å². The largest absolute Gasteiger partial charge is 0.494 e. The summed E-state index contributed by atoms with van der Waals surface area (Å²) >= 11 is 0. The third-order valence-corrected chi connectivity index (χ3v) is 17.9. The van der Waals surface area contributed by atoms with E-state index in [1.807, 2.05) is 73.0 Å². The van der Waals surface area contributed by atoms with Crippen molar-refractivity contribution in [1.29, 1.82) is 0 Å². The molecule has 3 aromatic rings. The number of nitrogens with zero attached hydrogens (tertiary/aromatic N) is 3. The number of hydrogen-bond donors (Lipinski definition) is 3. The fraction of sp³-hybridized carbons (Fsp3) is 0.683. The number of cyclic esters (lactones) is 1. The second-order valence-corrected chi connectivity index (χ2v) is 23.2. The van der Waals surface area contributed by atoms with Gasteiger partial charge in [0.15, 0.2) is 12.6 Å². The highest BCUT2D eigenvalue weighted by Gasteiger charge is 2.54. The third kappa shape index (κ3) is 12.5. The van der Waals surface area contributed by atoms with Crippen molar-refractivity contribution >= 4 is 34.0 Å². The van der Waals surface area contributed by atoms with Crippen molar-refractivity contribution in [2.45, 2.75) is 193 Å². The van der Waals surface area contributed by atoms with Gasteiger partial charge in [0.1, 0.15) is 35.4 Å². The number of rotatable bonds is 15. The number of ketones is 1. The molecule has 0 saturated carbocycles. The average molecular weight is 1060 g/mol. The topological polar surface area (TPSA) is 188 Å². The van der Waals surface area contributed by atoms with Gasteiger partial charge in [-0.1, -0.05) is 59.4 Å². The number of aromatic nitrogens is 1. The molecule has 1 aromatic heterocycles. The Morgan fingerprint density at radius 1 is 0.921 bits per heavy atom. The lowest BCUT2D eigenvalue weighted by molar-refractivity contribution is -0.319. The monoisotopic (exact) mass is 1060 g/mol. The smallest absolute Gasteiger partial charge is 0.311 e. The molecule has 0 amide bonds. The minimum absolute atomic E-state index is 0.0881. The summed E-state index contributed by atoms with van der Waals surface area (Å²) in [6, 6.07) is 16.1. The van der Waals surface area contributed by atoms with Crippen LogP contribution in [0.15, 0.2) is 61.3 Å². The molecule has 0 aliphatic carbocycles. The van der Waals surface area contributed by atoms with Crippen molar-refractivity contribution in [3.05, 3.63) is 72.4 Å². The zero-order chi connectivity index (χ0) is 55.6. The number of likely N-dealkylation sites (N-methyl/N-ethyl adjacent to an activating group) is 1. The Hall–Kier alpha value is -4.07. The van der Waals surface area contributed by atoms with Crippen molar-refractivity contribution in [1.82, 2.24) is 9.88 Å². The molecule has 2 aromatic carbocycles. The van der Waals surface area contributed by atoms with Gasteiger partial charge in [0.2, 0.25) is 0 Å². The lowest BCUT2D eigenvalue weighted by Crippen LogP contribution is -2.61. The summed E-state index contributed by atoms with van der Waals surface area (Å²) in [6.07, 6.45) is -3.48. The zero-order valence-electron chi connectivity index (χ0n) is 47.7. The van der Waals surface area contributed by atoms with Crippen LogP contribution in [0.25, 0.3) is 16.6 Å². The molecule has 76 heavy (non-hydrogen) atoms. The number of aliphatic hydroxyl groups excluding tert-OH is 2. The van der Waals surface area contributed by atoms with Crippen LogP contribution in [0, 0.1) is 29.6 Å². The standard InChI is InChI=1S/C60H89N3O13/c1-16-49-60(12,68)39(7)36(4)51(64)34(2)31-59(11,70-15)55(37(5)53(38(6)56(67)74-49)75-50-32-58(10,69-14)54(66)41(9)73-50)76-57-52(65)48(28-35(3)72-57)62(13)25-19-27-71-45-22-23-46-43(30-45)29-44(33-61-46)40(8)63-26-24-42-20-17-18-21-47(42)63/h17-18,20-23,29-30,33-39,41,48-50,52-55,57,65-66,68H,8,16,19,24-28,31-32H2,1-7,9-15H3/t34-,35-,36-,37+,38-,39-,41+,48+,49-,50?,52?,53+,54+,55-,57+,58-,59-,60+/m1/s1. The van der Waals surface area contributed by atoms with E-state index >= 15 is 0 Å². The number of pyridine rings is 1. The van der Waals surface area contributed by atoms with Crippen LogP contribution < -0.4 is 9.64 Å². The molecule has 16 heteroatoms. The third-order valence-electron chi connectivity index (χ3n) is 17.9. The predicted molar refractivity (Wildman–Crippen MR) is 292 cm³/mol. The molecule has 422 valence electrons. The summed E-state index contributed by atoms with van der Waals surface area (Å²) in [5, 5.41) is 36.5. The molecule has 5 heterocycles. The van der Waals surface area contributed by atoms with Gasteiger partial charge in [-0.05, 0) is 123 Å². The Bertz CT molecular complexity index is 2470. The summed E-state index contributed by atoms with van der Waals surface area (Å²) in [7, 11) is 5.07. The van der Waals surface area contributed by atoms with Crippen LogP contribution in [-0.2, 0) is 49.2 Å². The quantitative estimate of drug-likeness (QED) is 0.0977. The lowest BCUT2D eigenvalue weighted by Gasteiger charge is -2.50.